The third kappa shape index (κ3) is 3.15. The lowest BCUT2D eigenvalue weighted by Crippen LogP contribution is -2.48. The van der Waals surface area contributed by atoms with E-state index in [1.165, 1.54) is 50.2 Å². The first kappa shape index (κ1) is 17.9. The van der Waals surface area contributed by atoms with Crippen LogP contribution in [0, 0.1) is 17.8 Å². The van der Waals surface area contributed by atoms with E-state index < -0.39 is 11.7 Å². The third-order valence-electron chi connectivity index (χ3n) is 7.11. The molecule has 4 aliphatic carbocycles. The Hall–Kier alpha value is -2.17. The van der Waals surface area contributed by atoms with Crippen LogP contribution in [-0.4, -0.2) is 0 Å². The highest BCUT2D eigenvalue weighted by atomic mass is 19.4. The van der Waals surface area contributed by atoms with Crippen molar-refractivity contribution < 1.29 is 13.2 Å². The predicted octanol–water partition coefficient (Wildman–Crippen LogP) is 6.50. The van der Waals surface area contributed by atoms with Gasteiger partial charge in [-0.2, -0.15) is 13.2 Å². The molecule has 148 valence electrons. The molecule has 4 fully saturated rings. The average molecular weight is 386 g/mol. The van der Waals surface area contributed by atoms with Gasteiger partial charge < -0.3 is 11.1 Å². The first-order valence-corrected chi connectivity index (χ1v) is 10.1. The van der Waals surface area contributed by atoms with Crippen LogP contribution in [0.2, 0.25) is 0 Å². The summed E-state index contributed by atoms with van der Waals surface area (Å²) < 4.78 is 39.0. The second-order valence-corrected chi connectivity index (χ2v) is 9.24. The predicted molar refractivity (Wildman–Crippen MR) is 105 cm³/mol. The van der Waals surface area contributed by atoms with Crippen molar-refractivity contribution in [2.75, 3.05) is 11.1 Å². The molecule has 0 saturated heterocycles. The van der Waals surface area contributed by atoms with Crippen molar-refractivity contribution in [3.63, 3.8) is 0 Å². The molecule has 2 nitrogen and oxygen atoms in total. The highest BCUT2D eigenvalue weighted by molar-refractivity contribution is 5.65. The summed E-state index contributed by atoms with van der Waals surface area (Å²) in [5.74, 6) is 2.66. The zero-order valence-corrected chi connectivity index (χ0v) is 15.7. The number of hydrogen-bond donors (Lipinski definition) is 2. The maximum atomic E-state index is 13.0. The number of hydrogen-bond acceptors (Lipinski definition) is 2. The van der Waals surface area contributed by atoms with E-state index in [2.05, 4.69) is 17.4 Å². The molecular formula is C23H25F3N2. The van der Waals surface area contributed by atoms with E-state index in [9.17, 15) is 13.2 Å². The van der Waals surface area contributed by atoms with Crippen molar-refractivity contribution in [3.8, 4) is 0 Å². The van der Waals surface area contributed by atoms with Crippen LogP contribution in [0.1, 0.15) is 49.7 Å². The Morgan fingerprint density at radius 2 is 1.39 bits per heavy atom. The lowest BCUT2D eigenvalue weighted by atomic mass is 9.48. The molecule has 2 aromatic rings. The van der Waals surface area contributed by atoms with Gasteiger partial charge in [0.15, 0.2) is 0 Å². The Balaban J connectivity index is 1.37. The maximum absolute atomic E-state index is 13.0. The van der Waals surface area contributed by atoms with E-state index in [1.807, 2.05) is 12.1 Å². The number of nitrogen functional groups attached to an aromatic ring is 1. The van der Waals surface area contributed by atoms with E-state index in [1.54, 1.807) is 0 Å². The molecular weight excluding hydrogens is 361 g/mol. The van der Waals surface area contributed by atoms with Gasteiger partial charge in [0.05, 0.1) is 5.56 Å². The fourth-order valence-corrected chi connectivity index (χ4v) is 6.43. The molecule has 5 heteroatoms. The molecule has 4 saturated carbocycles. The SMILES string of the molecule is Nc1cc(Nc2ccc(C34CC5CC(CC(C5)C3)C4)cc2)cc(C(F)(F)F)c1. The number of alkyl halides is 3. The third-order valence-corrected chi connectivity index (χ3v) is 7.11. The second-order valence-electron chi connectivity index (χ2n) is 9.24. The Labute approximate surface area is 163 Å². The molecule has 0 radical (unpaired) electrons. The Morgan fingerprint density at radius 3 is 1.93 bits per heavy atom. The smallest absolute Gasteiger partial charge is 0.399 e. The van der Waals surface area contributed by atoms with Gasteiger partial charge in [-0.25, -0.2) is 0 Å². The van der Waals surface area contributed by atoms with Crippen molar-refractivity contribution >= 4 is 17.1 Å². The molecule has 0 aliphatic heterocycles. The fraction of sp³-hybridized carbons (Fsp3) is 0.478. The molecule has 0 amide bonds. The summed E-state index contributed by atoms with van der Waals surface area (Å²) in [6.07, 6.45) is 3.73. The van der Waals surface area contributed by atoms with Gasteiger partial charge in [0, 0.05) is 17.1 Å². The summed E-state index contributed by atoms with van der Waals surface area (Å²) in [4.78, 5) is 0. The minimum absolute atomic E-state index is 0.0995. The second kappa shape index (κ2) is 6.16. The fourth-order valence-electron chi connectivity index (χ4n) is 6.43. The maximum Gasteiger partial charge on any atom is 0.416 e. The monoisotopic (exact) mass is 386 g/mol. The molecule has 0 atom stereocenters. The van der Waals surface area contributed by atoms with Gasteiger partial charge in [-0.3, -0.25) is 0 Å². The molecule has 0 aromatic heterocycles. The molecule has 0 heterocycles. The summed E-state index contributed by atoms with van der Waals surface area (Å²) in [5.41, 5.74) is 7.90. The quantitative estimate of drug-likeness (QED) is 0.591. The normalized spacial score (nSPS) is 31.2. The first-order valence-electron chi connectivity index (χ1n) is 10.1. The summed E-state index contributed by atoms with van der Waals surface area (Å²) in [6.45, 7) is 0. The zero-order chi connectivity index (χ0) is 19.5. The molecule has 4 bridgehead atoms. The summed E-state index contributed by atoms with van der Waals surface area (Å²) in [5, 5.41) is 3.08. The van der Waals surface area contributed by atoms with Crippen molar-refractivity contribution in [1.29, 1.82) is 0 Å². The number of benzene rings is 2. The lowest BCUT2D eigenvalue weighted by Gasteiger charge is -2.57. The van der Waals surface area contributed by atoms with Crippen LogP contribution >= 0.6 is 0 Å². The van der Waals surface area contributed by atoms with E-state index in [0.29, 0.717) is 11.1 Å². The summed E-state index contributed by atoms with van der Waals surface area (Å²) in [6, 6.07) is 11.9. The Bertz CT molecular complexity index is 850. The van der Waals surface area contributed by atoms with Crippen LogP contribution in [0.3, 0.4) is 0 Å². The minimum Gasteiger partial charge on any atom is -0.399 e. The summed E-state index contributed by atoms with van der Waals surface area (Å²) in [7, 11) is 0. The molecule has 0 unspecified atom stereocenters. The van der Waals surface area contributed by atoms with Gasteiger partial charge in [0.2, 0.25) is 0 Å². The van der Waals surface area contributed by atoms with Crippen molar-refractivity contribution in [1.82, 2.24) is 0 Å². The largest absolute Gasteiger partial charge is 0.416 e. The number of rotatable bonds is 3. The molecule has 6 rings (SSSR count). The van der Waals surface area contributed by atoms with Crippen LogP contribution in [0.4, 0.5) is 30.2 Å². The average Bonchev–Trinajstić information content (AvgIpc) is 2.60. The molecule has 0 spiro atoms. The van der Waals surface area contributed by atoms with E-state index in [-0.39, 0.29) is 5.69 Å². The van der Waals surface area contributed by atoms with Gasteiger partial charge in [-0.1, -0.05) is 12.1 Å². The van der Waals surface area contributed by atoms with E-state index in [0.717, 1.165) is 35.6 Å². The van der Waals surface area contributed by atoms with Gasteiger partial charge >= 0.3 is 6.18 Å². The highest BCUT2D eigenvalue weighted by Crippen LogP contribution is 2.60. The minimum atomic E-state index is -4.41. The topological polar surface area (TPSA) is 38.0 Å². The van der Waals surface area contributed by atoms with Crippen LogP contribution in [0.15, 0.2) is 42.5 Å². The van der Waals surface area contributed by atoms with Crippen molar-refractivity contribution in [3.05, 3.63) is 53.6 Å². The van der Waals surface area contributed by atoms with Crippen molar-refractivity contribution in [2.45, 2.75) is 50.1 Å². The zero-order valence-electron chi connectivity index (χ0n) is 15.7. The standard InChI is InChI=1S/C23H25F3N2/c24-23(25,26)18-8-19(27)10-21(9-18)28-20-3-1-17(2-4-20)22-11-14-5-15(12-22)7-16(6-14)13-22/h1-4,8-10,14-16,28H,5-7,11-13,27H2. The van der Waals surface area contributed by atoms with Crippen LogP contribution in [0.25, 0.3) is 0 Å². The van der Waals surface area contributed by atoms with E-state index in [4.69, 9.17) is 5.73 Å². The van der Waals surface area contributed by atoms with Gasteiger partial charge in [-0.05, 0) is 97.6 Å². The van der Waals surface area contributed by atoms with Crippen LogP contribution in [0.5, 0.6) is 0 Å². The number of nitrogens with one attached hydrogen (secondary N) is 1. The van der Waals surface area contributed by atoms with Crippen LogP contribution in [-0.2, 0) is 11.6 Å². The number of nitrogens with two attached hydrogens (primary N) is 1. The number of anilines is 3. The first-order chi connectivity index (χ1) is 13.3. The molecule has 28 heavy (non-hydrogen) atoms. The summed E-state index contributed by atoms with van der Waals surface area (Å²) >= 11 is 0. The van der Waals surface area contributed by atoms with Gasteiger partial charge in [0.1, 0.15) is 0 Å². The Kier molecular flexibility index (Phi) is 3.94. The number of halogens is 3. The van der Waals surface area contributed by atoms with Crippen molar-refractivity contribution in [2.24, 2.45) is 17.8 Å². The van der Waals surface area contributed by atoms with Crippen LogP contribution < -0.4 is 11.1 Å². The van der Waals surface area contributed by atoms with Gasteiger partial charge in [0.25, 0.3) is 0 Å². The molecule has 2 aromatic carbocycles. The van der Waals surface area contributed by atoms with Gasteiger partial charge in [-0.15, -0.1) is 0 Å². The van der Waals surface area contributed by atoms with E-state index >= 15 is 0 Å². The Morgan fingerprint density at radius 1 is 0.821 bits per heavy atom. The lowest BCUT2D eigenvalue weighted by molar-refractivity contribution is -0.137. The molecule has 4 aliphatic rings. The highest BCUT2D eigenvalue weighted by Gasteiger charge is 2.51. The molecule has 3 N–H and O–H groups in total.